The Balaban J connectivity index is 2.22. The Bertz CT molecular complexity index is 526. The zero-order valence-corrected chi connectivity index (χ0v) is 12.3. The molecule has 0 fully saturated rings. The zero-order valence-electron chi connectivity index (χ0n) is 9.89. The van der Waals surface area contributed by atoms with E-state index in [1.807, 2.05) is 12.1 Å². The van der Waals surface area contributed by atoms with Crippen molar-refractivity contribution in [3.05, 3.63) is 53.1 Å². The van der Waals surface area contributed by atoms with Gasteiger partial charge in [0.05, 0.1) is 6.61 Å². The maximum atomic E-state index is 9.33. The van der Waals surface area contributed by atoms with Crippen LogP contribution < -0.4 is 0 Å². The lowest BCUT2D eigenvalue weighted by Crippen LogP contribution is -1.87. The number of hydrogen-bond acceptors (Lipinski definition) is 3. The average Bonchev–Trinajstić information content (AvgIpc) is 2.41. The van der Waals surface area contributed by atoms with Crippen LogP contribution in [-0.2, 0) is 6.61 Å². The molecule has 0 radical (unpaired) electrons. The van der Waals surface area contributed by atoms with Gasteiger partial charge in [-0.05, 0) is 54.3 Å². The summed E-state index contributed by atoms with van der Waals surface area (Å²) in [6.07, 6.45) is 2.06. The molecule has 0 unspecified atom stereocenters. The van der Waals surface area contributed by atoms with Gasteiger partial charge in [0.15, 0.2) is 0 Å². The molecule has 0 spiro atoms. The van der Waals surface area contributed by atoms with Gasteiger partial charge in [0.2, 0.25) is 0 Å². The highest BCUT2D eigenvalue weighted by molar-refractivity contribution is 7.99. The van der Waals surface area contributed by atoms with Gasteiger partial charge >= 0.3 is 0 Å². The van der Waals surface area contributed by atoms with Crippen molar-refractivity contribution in [3.8, 4) is 0 Å². The van der Waals surface area contributed by atoms with E-state index in [2.05, 4.69) is 30.5 Å². The fourth-order valence-electron chi connectivity index (χ4n) is 1.54. The number of benzene rings is 2. The Kier molecular flexibility index (Phi) is 5.01. The summed E-state index contributed by atoms with van der Waals surface area (Å²) < 4.78 is 0. The quantitative estimate of drug-likeness (QED) is 0.826. The predicted molar refractivity (Wildman–Crippen MR) is 79.7 cm³/mol. The SMILES string of the molecule is CSc1ccc(Sc2ccc(Cl)cc2CO)cc1. The van der Waals surface area contributed by atoms with Gasteiger partial charge in [-0.2, -0.15) is 0 Å². The first-order valence-electron chi connectivity index (χ1n) is 5.44. The third-order valence-electron chi connectivity index (χ3n) is 2.48. The largest absolute Gasteiger partial charge is 0.392 e. The van der Waals surface area contributed by atoms with Crippen LogP contribution in [0.5, 0.6) is 0 Å². The highest BCUT2D eigenvalue weighted by atomic mass is 35.5. The second-order valence-corrected chi connectivity index (χ2v) is 6.12. The summed E-state index contributed by atoms with van der Waals surface area (Å²) in [6.45, 7) is 0.00574. The molecule has 0 aliphatic rings. The zero-order chi connectivity index (χ0) is 13.0. The number of halogens is 1. The second-order valence-electron chi connectivity index (χ2n) is 3.69. The van der Waals surface area contributed by atoms with Crippen LogP contribution in [0.4, 0.5) is 0 Å². The van der Waals surface area contributed by atoms with E-state index < -0.39 is 0 Å². The lowest BCUT2D eigenvalue weighted by atomic mass is 10.2. The summed E-state index contributed by atoms with van der Waals surface area (Å²) in [5.41, 5.74) is 0.862. The molecule has 0 heterocycles. The summed E-state index contributed by atoms with van der Waals surface area (Å²) >= 11 is 9.28. The standard InChI is InChI=1S/C14H13ClOS2/c1-17-12-3-5-13(6-4-12)18-14-7-2-11(15)8-10(14)9-16/h2-8,16H,9H2,1H3. The van der Waals surface area contributed by atoms with Crippen molar-refractivity contribution in [2.24, 2.45) is 0 Å². The van der Waals surface area contributed by atoms with E-state index in [1.165, 1.54) is 4.90 Å². The molecule has 0 aliphatic carbocycles. The maximum Gasteiger partial charge on any atom is 0.0693 e. The highest BCUT2D eigenvalue weighted by Crippen LogP contribution is 2.32. The van der Waals surface area contributed by atoms with Crippen LogP contribution in [0.25, 0.3) is 0 Å². The molecular formula is C14H13ClOS2. The lowest BCUT2D eigenvalue weighted by molar-refractivity contribution is 0.279. The van der Waals surface area contributed by atoms with Crippen molar-refractivity contribution in [3.63, 3.8) is 0 Å². The monoisotopic (exact) mass is 296 g/mol. The first-order valence-corrected chi connectivity index (χ1v) is 7.86. The van der Waals surface area contributed by atoms with Crippen LogP contribution >= 0.6 is 35.1 Å². The first-order chi connectivity index (χ1) is 8.72. The van der Waals surface area contributed by atoms with Crippen molar-refractivity contribution in [2.45, 2.75) is 21.3 Å². The summed E-state index contributed by atoms with van der Waals surface area (Å²) in [7, 11) is 0. The number of thioether (sulfide) groups is 1. The van der Waals surface area contributed by atoms with Gasteiger partial charge in [0, 0.05) is 19.7 Å². The van der Waals surface area contributed by atoms with Gasteiger partial charge in [-0.15, -0.1) is 11.8 Å². The number of rotatable bonds is 4. The van der Waals surface area contributed by atoms with Crippen molar-refractivity contribution in [2.75, 3.05) is 6.26 Å². The topological polar surface area (TPSA) is 20.2 Å². The summed E-state index contributed by atoms with van der Waals surface area (Å²) in [6, 6.07) is 14.0. The number of aliphatic hydroxyl groups is 1. The van der Waals surface area contributed by atoms with E-state index in [-0.39, 0.29) is 6.61 Å². The molecule has 0 atom stereocenters. The fourth-order valence-corrected chi connectivity index (χ4v) is 3.06. The molecule has 94 valence electrons. The van der Waals surface area contributed by atoms with Crippen molar-refractivity contribution in [1.82, 2.24) is 0 Å². The minimum atomic E-state index is 0.00574. The smallest absolute Gasteiger partial charge is 0.0693 e. The summed E-state index contributed by atoms with van der Waals surface area (Å²) in [5.74, 6) is 0. The Labute approximate surface area is 121 Å². The van der Waals surface area contributed by atoms with Gasteiger partial charge < -0.3 is 5.11 Å². The molecular weight excluding hydrogens is 284 g/mol. The van der Waals surface area contributed by atoms with Crippen LogP contribution in [-0.4, -0.2) is 11.4 Å². The van der Waals surface area contributed by atoms with E-state index >= 15 is 0 Å². The van der Waals surface area contributed by atoms with Gasteiger partial charge in [-0.1, -0.05) is 23.4 Å². The molecule has 4 heteroatoms. The molecule has 0 saturated heterocycles. The van der Waals surface area contributed by atoms with E-state index in [0.29, 0.717) is 5.02 Å². The lowest BCUT2D eigenvalue weighted by Gasteiger charge is -2.08. The highest BCUT2D eigenvalue weighted by Gasteiger charge is 2.05. The molecule has 2 aromatic rings. The van der Waals surface area contributed by atoms with Crippen LogP contribution in [0.1, 0.15) is 5.56 Å². The van der Waals surface area contributed by atoms with E-state index in [4.69, 9.17) is 11.6 Å². The predicted octanol–water partition coefficient (Wildman–Crippen LogP) is 4.71. The van der Waals surface area contributed by atoms with Gasteiger partial charge in [-0.25, -0.2) is 0 Å². The molecule has 0 aliphatic heterocycles. The first kappa shape index (κ1) is 13.8. The minimum Gasteiger partial charge on any atom is -0.392 e. The number of hydrogen-bond donors (Lipinski definition) is 1. The molecule has 2 rings (SSSR count). The van der Waals surface area contributed by atoms with Crippen LogP contribution in [0.3, 0.4) is 0 Å². The third-order valence-corrected chi connectivity index (χ3v) is 4.58. The Morgan fingerprint density at radius 3 is 2.33 bits per heavy atom. The summed E-state index contributed by atoms with van der Waals surface area (Å²) in [4.78, 5) is 3.45. The van der Waals surface area contributed by atoms with Crippen LogP contribution in [0.15, 0.2) is 57.2 Å². The normalized spacial score (nSPS) is 10.6. The number of aliphatic hydroxyl groups excluding tert-OH is 1. The average molecular weight is 297 g/mol. The van der Waals surface area contributed by atoms with Crippen LogP contribution in [0.2, 0.25) is 5.02 Å². The fraction of sp³-hybridized carbons (Fsp3) is 0.143. The maximum absolute atomic E-state index is 9.33. The summed E-state index contributed by atoms with van der Waals surface area (Å²) in [5, 5.41) is 9.98. The molecule has 1 N–H and O–H groups in total. The van der Waals surface area contributed by atoms with Gasteiger partial charge in [0.1, 0.15) is 0 Å². The van der Waals surface area contributed by atoms with Crippen molar-refractivity contribution in [1.29, 1.82) is 0 Å². The second kappa shape index (κ2) is 6.53. The van der Waals surface area contributed by atoms with Gasteiger partial charge in [0.25, 0.3) is 0 Å². The molecule has 1 nitrogen and oxygen atoms in total. The van der Waals surface area contributed by atoms with E-state index in [0.717, 1.165) is 15.4 Å². The van der Waals surface area contributed by atoms with E-state index in [9.17, 15) is 5.11 Å². The van der Waals surface area contributed by atoms with Crippen LogP contribution in [0, 0.1) is 0 Å². The molecule has 0 bridgehead atoms. The molecule has 0 amide bonds. The minimum absolute atomic E-state index is 0.00574. The van der Waals surface area contributed by atoms with Gasteiger partial charge in [-0.3, -0.25) is 0 Å². The molecule has 18 heavy (non-hydrogen) atoms. The van der Waals surface area contributed by atoms with Crippen molar-refractivity contribution >= 4 is 35.1 Å². The Morgan fingerprint density at radius 2 is 1.72 bits per heavy atom. The van der Waals surface area contributed by atoms with E-state index in [1.54, 1.807) is 29.6 Å². The molecule has 2 aromatic carbocycles. The third kappa shape index (κ3) is 3.45. The Morgan fingerprint density at radius 1 is 1.06 bits per heavy atom. The van der Waals surface area contributed by atoms with Crippen molar-refractivity contribution < 1.29 is 5.11 Å². The Hall–Kier alpha value is -0.610. The molecule has 0 saturated carbocycles. The molecule has 0 aromatic heterocycles.